The molecule has 7 heteroatoms. The van der Waals surface area contributed by atoms with E-state index < -0.39 is 0 Å². The standard InChI is InChI=1S/C14H13BrClN3S2/c1-3-9-5-11-12(17-14(16)18-13(11)21-9)19(2)6-10-4-8(15)7-20-10/h4-5,7H,3,6H2,1-2H3. The summed E-state index contributed by atoms with van der Waals surface area (Å²) in [7, 11) is 2.04. The van der Waals surface area contributed by atoms with Crippen molar-refractivity contribution in [1.82, 2.24) is 9.97 Å². The molecule has 3 aromatic heterocycles. The van der Waals surface area contributed by atoms with E-state index in [4.69, 9.17) is 11.6 Å². The minimum atomic E-state index is 0.307. The third-order valence-electron chi connectivity index (χ3n) is 3.12. The maximum absolute atomic E-state index is 6.08. The van der Waals surface area contributed by atoms with Gasteiger partial charge in [0.05, 0.1) is 11.9 Å². The van der Waals surface area contributed by atoms with Crippen LogP contribution in [0.1, 0.15) is 16.7 Å². The molecular formula is C14H13BrClN3S2. The Bertz CT molecular complexity index is 784. The number of aryl methyl sites for hydroxylation is 1. The van der Waals surface area contributed by atoms with E-state index in [-0.39, 0.29) is 0 Å². The number of anilines is 1. The van der Waals surface area contributed by atoms with Crippen molar-refractivity contribution >= 4 is 66.2 Å². The van der Waals surface area contributed by atoms with Crippen molar-refractivity contribution < 1.29 is 0 Å². The zero-order valence-corrected chi connectivity index (χ0v) is 15.5. The molecule has 0 fully saturated rings. The van der Waals surface area contributed by atoms with Crippen LogP contribution in [-0.4, -0.2) is 17.0 Å². The van der Waals surface area contributed by atoms with Crippen LogP contribution in [0.2, 0.25) is 5.28 Å². The van der Waals surface area contributed by atoms with Gasteiger partial charge in [0.2, 0.25) is 5.28 Å². The summed E-state index contributed by atoms with van der Waals surface area (Å²) >= 11 is 13.0. The van der Waals surface area contributed by atoms with Gasteiger partial charge in [0.15, 0.2) is 0 Å². The van der Waals surface area contributed by atoms with Crippen LogP contribution in [0, 0.1) is 0 Å². The van der Waals surface area contributed by atoms with Crippen molar-refractivity contribution in [3.05, 3.63) is 37.0 Å². The first-order valence-electron chi connectivity index (χ1n) is 6.47. The molecule has 3 heterocycles. The number of halogens is 2. The molecule has 110 valence electrons. The normalized spacial score (nSPS) is 11.2. The van der Waals surface area contributed by atoms with Gasteiger partial charge in [0, 0.05) is 26.7 Å². The Morgan fingerprint density at radius 3 is 2.76 bits per heavy atom. The Hall–Kier alpha value is -0.690. The number of thiophene rings is 2. The molecule has 3 aromatic rings. The van der Waals surface area contributed by atoms with Gasteiger partial charge in [-0.2, -0.15) is 4.98 Å². The molecule has 0 spiro atoms. The highest BCUT2D eigenvalue weighted by molar-refractivity contribution is 9.10. The minimum Gasteiger partial charge on any atom is -0.354 e. The molecule has 0 aliphatic rings. The molecule has 3 rings (SSSR count). The van der Waals surface area contributed by atoms with Crippen LogP contribution < -0.4 is 4.90 Å². The zero-order chi connectivity index (χ0) is 15.0. The molecule has 0 bridgehead atoms. The van der Waals surface area contributed by atoms with E-state index in [1.165, 1.54) is 9.75 Å². The fraction of sp³-hybridized carbons (Fsp3) is 0.286. The molecule has 0 N–H and O–H groups in total. The van der Waals surface area contributed by atoms with Crippen LogP contribution >= 0.6 is 50.2 Å². The molecule has 0 radical (unpaired) electrons. The number of aromatic nitrogens is 2. The largest absolute Gasteiger partial charge is 0.354 e. The Labute approximate surface area is 144 Å². The van der Waals surface area contributed by atoms with E-state index in [0.717, 1.165) is 33.5 Å². The second-order valence-corrected chi connectivity index (χ2v) is 8.05. The van der Waals surface area contributed by atoms with E-state index >= 15 is 0 Å². The van der Waals surface area contributed by atoms with Crippen LogP contribution in [0.25, 0.3) is 10.2 Å². The Kier molecular flexibility index (Phi) is 4.49. The van der Waals surface area contributed by atoms with Crippen molar-refractivity contribution in [2.24, 2.45) is 0 Å². The van der Waals surface area contributed by atoms with Crippen LogP contribution in [0.4, 0.5) is 5.82 Å². The lowest BCUT2D eigenvalue weighted by Gasteiger charge is -2.18. The molecule has 0 aromatic carbocycles. The van der Waals surface area contributed by atoms with E-state index in [9.17, 15) is 0 Å². The average Bonchev–Trinajstić information content (AvgIpc) is 3.03. The molecular weight excluding hydrogens is 390 g/mol. The smallest absolute Gasteiger partial charge is 0.225 e. The van der Waals surface area contributed by atoms with Crippen LogP contribution in [-0.2, 0) is 13.0 Å². The van der Waals surface area contributed by atoms with E-state index in [1.807, 2.05) is 7.05 Å². The van der Waals surface area contributed by atoms with E-state index in [0.29, 0.717) is 5.28 Å². The van der Waals surface area contributed by atoms with Crippen molar-refractivity contribution in [3.63, 3.8) is 0 Å². The summed E-state index contributed by atoms with van der Waals surface area (Å²) in [6.45, 7) is 2.95. The summed E-state index contributed by atoms with van der Waals surface area (Å²) in [4.78, 5) is 14.4. The second kappa shape index (κ2) is 6.20. The molecule has 0 aliphatic heterocycles. The average molecular weight is 403 g/mol. The molecule has 21 heavy (non-hydrogen) atoms. The summed E-state index contributed by atoms with van der Waals surface area (Å²) in [6.07, 6.45) is 1.000. The van der Waals surface area contributed by atoms with Crippen molar-refractivity contribution in [1.29, 1.82) is 0 Å². The summed E-state index contributed by atoms with van der Waals surface area (Å²) in [5.74, 6) is 0.894. The molecule has 0 atom stereocenters. The van der Waals surface area contributed by atoms with E-state index in [2.05, 4.69) is 55.2 Å². The summed E-state index contributed by atoms with van der Waals surface area (Å²) in [5, 5.41) is 3.48. The van der Waals surface area contributed by atoms with Gasteiger partial charge in [0.1, 0.15) is 10.6 Å². The lowest BCUT2D eigenvalue weighted by atomic mass is 10.3. The molecule has 0 saturated heterocycles. The number of hydrogen-bond donors (Lipinski definition) is 0. The van der Waals surface area contributed by atoms with Crippen LogP contribution in [0.5, 0.6) is 0 Å². The molecule has 3 nitrogen and oxygen atoms in total. The highest BCUT2D eigenvalue weighted by Crippen LogP contribution is 2.33. The predicted octanol–water partition coefficient (Wildman–Crippen LogP) is 5.37. The monoisotopic (exact) mass is 401 g/mol. The first kappa shape index (κ1) is 15.2. The fourth-order valence-corrected chi connectivity index (χ4v) is 4.82. The van der Waals surface area contributed by atoms with Crippen molar-refractivity contribution in [3.8, 4) is 0 Å². The Balaban J connectivity index is 1.99. The van der Waals surface area contributed by atoms with Gasteiger partial charge in [-0.1, -0.05) is 6.92 Å². The van der Waals surface area contributed by atoms with Gasteiger partial charge in [-0.3, -0.25) is 0 Å². The predicted molar refractivity (Wildman–Crippen MR) is 95.9 cm³/mol. The van der Waals surface area contributed by atoms with Gasteiger partial charge >= 0.3 is 0 Å². The van der Waals surface area contributed by atoms with Crippen molar-refractivity contribution in [2.75, 3.05) is 11.9 Å². The summed E-state index contributed by atoms with van der Waals surface area (Å²) in [6, 6.07) is 4.30. The fourth-order valence-electron chi connectivity index (χ4n) is 2.14. The number of nitrogens with zero attached hydrogens (tertiary/aromatic N) is 3. The van der Waals surface area contributed by atoms with Gasteiger partial charge in [-0.15, -0.1) is 22.7 Å². The first-order chi connectivity index (χ1) is 10.1. The van der Waals surface area contributed by atoms with Gasteiger partial charge < -0.3 is 4.90 Å². The Morgan fingerprint density at radius 2 is 2.10 bits per heavy atom. The number of hydrogen-bond acceptors (Lipinski definition) is 5. The minimum absolute atomic E-state index is 0.307. The zero-order valence-electron chi connectivity index (χ0n) is 11.6. The van der Waals surface area contributed by atoms with Gasteiger partial charge in [-0.05, 0) is 46.1 Å². The maximum Gasteiger partial charge on any atom is 0.225 e. The maximum atomic E-state index is 6.08. The Morgan fingerprint density at radius 1 is 1.29 bits per heavy atom. The highest BCUT2D eigenvalue weighted by atomic mass is 79.9. The molecule has 0 saturated carbocycles. The third-order valence-corrected chi connectivity index (χ3v) is 6.15. The highest BCUT2D eigenvalue weighted by Gasteiger charge is 2.14. The van der Waals surface area contributed by atoms with E-state index in [1.54, 1.807) is 22.7 Å². The summed E-state index contributed by atoms with van der Waals surface area (Å²) < 4.78 is 1.12. The lowest BCUT2D eigenvalue weighted by molar-refractivity contribution is 0.915. The topological polar surface area (TPSA) is 29.0 Å². The lowest BCUT2D eigenvalue weighted by Crippen LogP contribution is -2.17. The molecule has 0 unspecified atom stereocenters. The van der Waals surface area contributed by atoms with Crippen molar-refractivity contribution in [2.45, 2.75) is 19.9 Å². The van der Waals surface area contributed by atoms with Crippen LogP contribution in [0.15, 0.2) is 22.0 Å². The van der Waals surface area contributed by atoms with Gasteiger partial charge in [0.25, 0.3) is 0 Å². The van der Waals surface area contributed by atoms with Gasteiger partial charge in [-0.25, -0.2) is 4.98 Å². The third kappa shape index (κ3) is 3.23. The second-order valence-electron chi connectivity index (χ2n) is 4.69. The first-order valence-corrected chi connectivity index (χ1v) is 9.33. The molecule has 0 aliphatic carbocycles. The van der Waals surface area contributed by atoms with Crippen LogP contribution in [0.3, 0.4) is 0 Å². The quantitative estimate of drug-likeness (QED) is 0.549. The summed E-state index contributed by atoms with van der Waals surface area (Å²) in [5.41, 5.74) is 0. The number of fused-ring (bicyclic) bond motifs is 1. The number of rotatable bonds is 4. The molecule has 0 amide bonds. The SMILES string of the molecule is CCc1cc2c(N(C)Cc3cc(Br)cs3)nc(Cl)nc2s1.